The lowest BCUT2D eigenvalue weighted by molar-refractivity contribution is 0.0526. The normalized spacial score (nSPS) is 16.6. The molecule has 110 valence electrons. The molecule has 3 rings (SSSR count). The molecule has 0 saturated heterocycles. The molecule has 2 aromatic rings. The van der Waals surface area contributed by atoms with Crippen molar-refractivity contribution in [2.24, 2.45) is 0 Å². The summed E-state index contributed by atoms with van der Waals surface area (Å²) in [7, 11) is 0. The van der Waals surface area contributed by atoms with Crippen molar-refractivity contribution in [3.63, 3.8) is 0 Å². The van der Waals surface area contributed by atoms with E-state index < -0.39 is 0 Å². The highest BCUT2D eigenvalue weighted by atomic mass is 35.5. The molecule has 1 N–H and O–H groups in total. The zero-order valence-corrected chi connectivity index (χ0v) is 13.3. The summed E-state index contributed by atoms with van der Waals surface area (Å²) in [6.07, 6.45) is 2.12. The summed E-state index contributed by atoms with van der Waals surface area (Å²) >= 11 is 7.73. The summed E-state index contributed by atoms with van der Waals surface area (Å²) in [4.78, 5) is 13.1. The Morgan fingerprint density at radius 1 is 1.48 bits per heavy atom. The first kappa shape index (κ1) is 14.4. The van der Waals surface area contributed by atoms with Crippen LogP contribution in [0.1, 0.15) is 40.2 Å². The molecule has 0 fully saturated rings. The van der Waals surface area contributed by atoms with Gasteiger partial charge in [0, 0.05) is 10.6 Å². The molecule has 1 unspecified atom stereocenters. The number of carbonyl (C=O) groups excluding carboxylic acids is 1. The summed E-state index contributed by atoms with van der Waals surface area (Å²) in [6.45, 7) is 2.19. The lowest BCUT2D eigenvalue weighted by Crippen LogP contribution is -2.09. The maximum atomic E-state index is 11.8. The van der Waals surface area contributed by atoms with Crippen LogP contribution >= 0.6 is 22.9 Å². The molecule has 21 heavy (non-hydrogen) atoms. The van der Waals surface area contributed by atoms with Crippen molar-refractivity contribution >= 4 is 34.6 Å². The van der Waals surface area contributed by atoms with Crippen molar-refractivity contribution in [2.45, 2.75) is 25.8 Å². The summed E-state index contributed by atoms with van der Waals surface area (Å²) in [5, 5.41) is 3.49. The SMILES string of the molecule is CCOC(=O)c1cccc(NC2CCc3sc(Cl)cc32)c1. The van der Waals surface area contributed by atoms with Crippen LogP contribution in [0.4, 0.5) is 5.69 Å². The number of benzene rings is 1. The fourth-order valence-electron chi connectivity index (χ4n) is 2.63. The average molecular weight is 322 g/mol. The van der Waals surface area contributed by atoms with E-state index in [0.29, 0.717) is 12.2 Å². The minimum absolute atomic E-state index is 0.265. The first-order chi connectivity index (χ1) is 10.2. The van der Waals surface area contributed by atoms with Gasteiger partial charge < -0.3 is 10.1 Å². The van der Waals surface area contributed by atoms with Crippen molar-refractivity contribution in [3.05, 3.63) is 50.7 Å². The van der Waals surface area contributed by atoms with Gasteiger partial charge in [-0.2, -0.15) is 0 Å². The second kappa shape index (κ2) is 6.08. The number of anilines is 1. The highest BCUT2D eigenvalue weighted by Gasteiger charge is 2.25. The highest BCUT2D eigenvalue weighted by molar-refractivity contribution is 7.16. The van der Waals surface area contributed by atoms with Gasteiger partial charge in [0.1, 0.15) is 0 Å². The first-order valence-corrected chi connectivity index (χ1v) is 8.18. The number of halogens is 1. The molecule has 1 aliphatic carbocycles. The molecule has 0 amide bonds. The Hall–Kier alpha value is -1.52. The molecule has 0 radical (unpaired) electrons. The molecule has 1 aromatic heterocycles. The molecule has 0 aliphatic heterocycles. The number of aryl methyl sites for hydroxylation is 1. The summed E-state index contributed by atoms with van der Waals surface area (Å²) in [6, 6.07) is 9.75. The third-order valence-electron chi connectivity index (χ3n) is 3.56. The van der Waals surface area contributed by atoms with Crippen molar-refractivity contribution in [2.75, 3.05) is 11.9 Å². The number of esters is 1. The zero-order valence-electron chi connectivity index (χ0n) is 11.7. The van der Waals surface area contributed by atoms with Crippen molar-refractivity contribution in [1.82, 2.24) is 0 Å². The van der Waals surface area contributed by atoms with Gasteiger partial charge in [0.25, 0.3) is 0 Å². The predicted octanol–water partition coefficient (Wildman–Crippen LogP) is 4.68. The smallest absolute Gasteiger partial charge is 0.338 e. The molecular formula is C16H16ClNO2S. The standard InChI is InChI=1S/C16H16ClNO2S/c1-2-20-16(19)10-4-3-5-11(8-10)18-13-6-7-14-12(13)9-15(17)21-14/h3-5,8-9,13,18H,2,6-7H2,1H3. The van der Waals surface area contributed by atoms with Crippen molar-refractivity contribution < 1.29 is 9.53 Å². The van der Waals surface area contributed by atoms with E-state index in [1.54, 1.807) is 24.3 Å². The highest BCUT2D eigenvalue weighted by Crippen LogP contribution is 2.40. The lowest BCUT2D eigenvalue weighted by Gasteiger charge is -2.15. The van der Waals surface area contributed by atoms with E-state index in [-0.39, 0.29) is 12.0 Å². The van der Waals surface area contributed by atoms with Gasteiger partial charge in [-0.25, -0.2) is 4.79 Å². The van der Waals surface area contributed by atoms with E-state index in [2.05, 4.69) is 5.32 Å². The van der Waals surface area contributed by atoms with Gasteiger partial charge in [0.05, 0.1) is 22.5 Å². The molecule has 3 nitrogen and oxygen atoms in total. The van der Waals surface area contributed by atoms with E-state index in [9.17, 15) is 4.79 Å². The van der Waals surface area contributed by atoms with Gasteiger partial charge >= 0.3 is 5.97 Å². The molecule has 0 bridgehead atoms. The number of nitrogens with one attached hydrogen (secondary N) is 1. The van der Waals surface area contributed by atoms with Crippen LogP contribution in [0.15, 0.2) is 30.3 Å². The Kier molecular flexibility index (Phi) is 4.17. The molecule has 1 aliphatic rings. The predicted molar refractivity (Wildman–Crippen MR) is 86.4 cm³/mol. The van der Waals surface area contributed by atoms with E-state index >= 15 is 0 Å². The number of hydrogen-bond acceptors (Lipinski definition) is 4. The minimum atomic E-state index is -0.285. The van der Waals surface area contributed by atoms with Crippen molar-refractivity contribution in [3.8, 4) is 0 Å². The molecule has 1 atom stereocenters. The van der Waals surface area contributed by atoms with Crippen molar-refractivity contribution in [1.29, 1.82) is 0 Å². The van der Waals surface area contributed by atoms with E-state index in [0.717, 1.165) is 22.9 Å². The molecule has 5 heteroatoms. The van der Waals surface area contributed by atoms with Gasteiger partial charge in [0.2, 0.25) is 0 Å². The van der Waals surface area contributed by atoms with Crippen LogP contribution in [0, 0.1) is 0 Å². The Bertz CT molecular complexity index is 668. The van der Waals surface area contributed by atoms with Gasteiger partial charge in [0.15, 0.2) is 0 Å². The summed E-state index contributed by atoms with van der Waals surface area (Å²) in [5.41, 5.74) is 2.79. The number of rotatable bonds is 4. The fraction of sp³-hybridized carbons (Fsp3) is 0.312. The van der Waals surface area contributed by atoms with Gasteiger partial charge in [-0.15, -0.1) is 11.3 Å². The van der Waals surface area contributed by atoms with Crippen LogP contribution in [0.25, 0.3) is 0 Å². The Balaban J connectivity index is 1.77. The minimum Gasteiger partial charge on any atom is -0.462 e. The van der Waals surface area contributed by atoms with Crippen LogP contribution in [-0.4, -0.2) is 12.6 Å². The molecule has 0 saturated carbocycles. The number of carbonyl (C=O) groups is 1. The third-order valence-corrected chi connectivity index (χ3v) is 4.90. The van der Waals surface area contributed by atoms with Gasteiger partial charge in [-0.05, 0) is 49.6 Å². The Morgan fingerprint density at radius 2 is 2.33 bits per heavy atom. The fourth-order valence-corrected chi connectivity index (χ4v) is 3.99. The van der Waals surface area contributed by atoms with Crippen LogP contribution in [0.2, 0.25) is 4.34 Å². The molecular weight excluding hydrogens is 306 g/mol. The summed E-state index contributed by atoms with van der Waals surface area (Å²) < 4.78 is 5.87. The number of ether oxygens (including phenoxy) is 1. The molecule has 1 aromatic carbocycles. The third kappa shape index (κ3) is 3.06. The van der Waals surface area contributed by atoms with Crippen LogP contribution in [0.3, 0.4) is 0 Å². The Morgan fingerprint density at radius 3 is 3.14 bits per heavy atom. The average Bonchev–Trinajstić information content (AvgIpc) is 3.00. The monoisotopic (exact) mass is 321 g/mol. The maximum Gasteiger partial charge on any atom is 0.338 e. The van der Waals surface area contributed by atoms with E-state index in [4.69, 9.17) is 16.3 Å². The molecule has 0 spiro atoms. The van der Waals surface area contributed by atoms with E-state index in [1.165, 1.54) is 10.4 Å². The van der Waals surface area contributed by atoms with E-state index in [1.807, 2.05) is 24.3 Å². The summed E-state index contributed by atoms with van der Waals surface area (Å²) in [5.74, 6) is -0.285. The second-order valence-corrected chi connectivity index (χ2v) is 6.73. The number of thiophene rings is 1. The van der Waals surface area contributed by atoms with Crippen LogP contribution in [0.5, 0.6) is 0 Å². The Labute approximate surface area is 132 Å². The molecule has 1 heterocycles. The quantitative estimate of drug-likeness (QED) is 0.831. The van der Waals surface area contributed by atoms with Crippen LogP contribution < -0.4 is 5.32 Å². The van der Waals surface area contributed by atoms with Gasteiger partial charge in [-0.1, -0.05) is 17.7 Å². The zero-order chi connectivity index (χ0) is 14.8. The second-order valence-electron chi connectivity index (χ2n) is 4.97. The van der Waals surface area contributed by atoms with Gasteiger partial charge in [-0.3, -0.25) is 0 Å². The maximum absolute atomic E-state index is 11.8. The number of fused-ring (bicyclic) bond motifs is 1. The first-order valence-electron chi connectivity index (χ1n) is 6.99. The van der Waals surface area contributed by atoms with Crippen LogP contribution in [-0.2, 0) is 11.2 Å². The number of hydrogen-bond donors (Lipinski definition) is 1. The largest absolute Gasteiger partial charge is 0.462 e. The lowest BCUT2D eigenvalue weighted by atomic mass is 10.1. The topological polar surface area (TPSA) is 38.3 Å².